The normalized spacial score (nSPS) is 13.9. The number of piperazine rings is 1. The highest BCUT2D eigenvalue weighted by Crippen LogP contribution is 2.24. The smallest absolute Gasteiger partial charge is 0.306 e. The molecule has 0 amide bonds. The summed E-state index contributed by atoms with van der Waals surface area (Å²) in [4.78, 5) is 30.2. The van der Waals surface area contributed by atoms with Gasteiger partial charge in [0.15, 0.2) is 0 Å². The van der Waals surface area contributed by atoms with Crippen molar-refractivity contribution in [3.63, 3.8) is 0 Å². The molecule has 1 aliphatic rings. The van der Waals surface area contributed by atoms with Crippen LogP contribution in [-0.4, -0.2) is 87.4 Å². The van der Waals surface area contributed by atoms with Crippen molar-refractivity contribution >= 4 is 11.9 Å². The first-order chi connectivity index (χ1) is 29.9. The number of esters is 2. The number of likely N-dealkylation sites (N-methyl/N-ethyl adjacent to an activating group) is 1. The van der Waals surface area contributed by atoms with Crippen LogP contribution in [0.15, 0.2) is 0 Å². The van der Waals surface area contributed by atoms with Gasteiger partial charge in [-0.1, -0.05) is 182 Å². The number of carbonyl (C=O) groups excluding carboxylic acids is 2. The number of hydrogen-bond acceptors (Lipinski definition) is 7. The summed E-state index contributed by atoms with van der Waals surface area (Å²) in [6.45, 7) is 17.1. The Hall–Kier alpha value is -1.18. The third-order valence-electron chi connectivity index (χ3n) is 13.5. The molecule has 7 nitrogen and oxygen atoms in total. The van der Waals surface area contributed by atoms with Crippen molar-refractivity contribution in [1.29, 1.82) is 0 Å². The summed E-state index contributed by atoms with van der Waals surface area (Å²) in [5, 5.41) is 0. The summed E-state index contributed by atoms with van der Waals surface area (Å²) >= 11 is 0. The summed E-state index contributed by atoms with van der Waals surface area (Å²) in [5.41, 5.74) is 0. The maximum Gasteiger partial charge on any atom is 0.306 e. The van der Waals surface area contributed by atoms with E-state index in [1.165, 1.54) is 225 Å². The maximum absolute atomic E-state index is 12.6. The van der Waals surface area contributed by atoms with E-state index in [1.807, 2.05) is 0 Å². The van der Waals surface area contributed by atoms with Crippen molar-refractivity contribution in [3.8, 4) is 0 Å². The number of nitrogens with zero attached hydrogens (tertiary/aromatic N) is 2. The van der Waals surface area contributed by atoms with Crippen molar-refractivity contribution in [2.75, 3.05) is 59.6 Å². The Morgan fingerprint density at radius 1 is 0.410 bits per heavy atom. The molecule has 0 aromatic carbocycles. The topological polar surface area (TPSA) is 68.3 Å². The average molecular weight is 863 g/mol. The van der Waals surface area contributed by atoms with Crippen molar-refractivity contribution in [3.05, 3.63) is 0 Å². The minimum Gasteiger partial charge on any atom is -0.466 e. The van der Waals surface area contributed by atoms with Crippen LogP contribution in [0.4, 0.5) is 0 Å². The van der Waals surface area contributed by atoms with Gasteiger partial charge in [0.25, 0.3) is 0 Å². The quantitative estimate of drug-likeness (QED) is 0.0446. The molecule has 1 fully saturated rings. The van der Waals surface area contributed by atoms with E-state index in [0.717, 1.165) is 32.3 Å². The molecule has 0 atom stereocenters. The fourth-order valence-corrected chi connectivity index (χ4v) is 9.18. The lowest BCUT2D eigenvalue weighted by Crippen LogP contribution is -2.44. The van der Waals surface area contributed by atoms with Crippen LogP contribution in [0.2, 0.25) is 0 Å². The minimum absolute atomic E-state index is 0.0328. The van der Waals surface area contributed by atoms with Crippen LogP contribution in [0.1, 0.15) is 259 Å². The minimum atomic E-state index is 0.0328. The summed E-state index contributed by atoms with van der Waals surface area (Å²) < 4.78 is 17.9. The Morgan fingerprint density at radius 3 is 1.15 bits per heavy atom. The highest BCUT2D eigenvalue weighted by atomic mass is 16.5. The molecule has 1 aliphatic heterocycles. The maximum atomic E-state index is 12.6. The van der Waals surface area contributed by atoms with Gasteiger partial charge in [-0.05, 0) is 89.6 Å². The van der Waals surface area contributed by atoms with Crippen LogP contribution in [-0.2, 0) is 23.8 Å². The summed E-state index contributed by atoms with van der Waals surface area (Å²) in [6, 6.07) is 0. The molecule has 0 spiro atoms. The van der Waals surface area contributed by atoms with Crippen molar-refractivity contribution in [1.82, 2.24) is 9.80 Å². The average Bonchev–Trinajstić information content (AvgIpc) is 3.25. The van der Waals surface area contributed by atoms with E-state index >= 15 is 0 Å². The predicted octanol–water partition coefficient (Wildman–Crippen LogP) is 15.1. The summed E-state index contributed by atoms with van der Waals surface area (Å²) in [5.74, 6) is 1.09. The second-order valence-electron chi connectivity index (χ2n) is 19.4. The van der Waals surface area contributed by atoms with Crippen LogP contribution in [0.25, 0.3) is 0 Å². The number of carbonyl (C=O) groups is 2. The van der Waals surface area contributed by atoms with Crippen LogP contribution >= 0.6 is 0 Å². The van der Waals surface area contributed by atoms with Gasteiger partial charge in [0.2, 0.25) is 0 Å². The first-order valence-electron chi connectivity index (χ1n) is 27.2. The Kier molecular flexibility index (Phi) is 41.8. The first kappa shape index (κ1) is 57.8. The fourth-order valence-electron chi connectivity index (χ4n) is 9.18. The molecule has 0 radical (unpaired) electrons. The third kappa shape index (κ3) is 37.9. The van der Waals surface area contributed by atoms with Crippen LogP contribution in [0.5, 0.6) is 0 Å². The van der Waals surface area contributed by atoms with E-state index in [1.54, 1.807) is 0 Å². The Balaban J connectivity index is 2.24. The summed E-state index contributed by atoms with van der Waals surface area (Å²) in [6.07, 6.45) is 43.3. The molecule has 7 heteroatoms. The third-order valence-corrected chi connectivity index (χ3v) is 13.5. The van der Waals surface area contributed by atoms with Gasteiger partial charge in [0.1, 0.15) is 0 Å². The Morgan fingerprint density at radius 2 is 0.754 bits per heavy atom. The molecule has 0 aromatic rings. The zero-order valence-electron chi connectivity index (χ0n) is 41.8. The molecule has 1 rings (SSSR count). The van der Waals surface area contributed by atoms with Crippen molar-refractivity contribution in [2.24, 2.45) is 11.8 Å². The predicted molar refractivity (Wildman–Crippen MR) is 261 cm³/mol. The standard InChI is InChI=1S/C54H106N2O5/c1-6-10-24-34-50(35-25-11-7-2)48-53(57)60-46-31-22-18-14-16-20-28-38-52(59-45-33-30-40-56-43-41-55(5)42-44-56)39-29-21-17-15-19-23-32-47-61-54(58)49-51(36-26-12-8-3)37-27-13-9-4/h50-52H,6-49H2,1-5H3. The molecule has 0 aliphatic carbocycles. The van der Waals surface area contributed by atoms with Crippen LogP contribution < -0.4 is 0 Å². The molecule has 0 saturated carbocycles. The molecule has 0 aromatic heterocycles. The van der Waals surface area contributed by atoms with Gasteiger partial charge in [-0.25, -0.2) is 0 Å². The van der Waals surface area contributed by atoms with Crippen LogP contribution in [0.3, 0.4) is 0 Å². The molecule has 61 heavy (non-hydrogen) atoms. The molecule has 0 unspecified atom stereocenters. The number of rotatable bonds is 46. The molecular formula is C54H106N2O5. The van der Waals surface area contributed by atoms with Gasteiger partial charge < -0.3 is 24.0 Å². The zero-order valence-corrected chi connectivity index (χ0v) is 41.8. The lowest BCUT2D eigenvalue weighted by molar-refractivity contribution is -0.146. The van der Waals surface area contributed by atoms with Gasteiger partial charge in [-0.3, -0.25) is 9.59 Å². The van der Waals surface area contributed by atoms with Gasteiger partial charge in [0.05, 0.1) is 19.3 Å². The molecule has 362 valence electrons. The van der Waals surface area contributed by atoms with Crippen molar-refractivity contribution < 1.29 is 23.8 Å². The van der Waals surface area contributed by atoms with E-state index in [4.69, 9.17) is 14.2 Å². The van der Waals surface area contributed by atoms with Gasteiger partial charge >= 0.3 is 11.9 Å². The van der Waals surface area contributed by atoms with E-state index < -0.39 is 0 Å². The highest BCUT2D eigenvalue weighted by Gasteiger charge is 2.17. The second kappa shape index (κ2) is 44.0. The number of hydrogen-bond donors (Lipinski definition) is 0. The number of unbranched alkanes of at least 4 members (excludes halogenated alkanes) is 21. The SMILES string of the molecule is CCCCCC(CCCCC)CC(=O)OCCCCCCCCCC(CCCCCCCCCOC(=O)CC(CCCCC)CCCCC)OCCCCN1CCN(C)CC1. The molecule has 0 N–H and O–H groups in total. The monoisotopic (exact) mass is 863 g/mol. The second-order valence-corrected chi connectivity index (χ2v) is 19.4. The first-order valence-corrected chi connectivity index (χ1v) is 27.2. The van der Waals surface area contributed by atoms with Gasteiger partial charge in [-0.2, -0.15) is 0 Å². The van der Waals surface area contributed by atoms with E-state index in [2.05, 4.69) is 44.5 Å². The van der Waals surface area contributed by atoms with E-state index in [9.17, 15) is 9.59 Å². The van der Waals surface area contributed by atoms with Crippen molar-refractivity contribution in [2.45, 2.75) is 265 Å². The van der Waals surface area contributed by atoms with Gasteiger partial charge in [-0.15, -0.1) is 0 Å². The van der Waals surface area contributed by atoms with Crippen LogP contribution in [0, 0.1) is 11.8 Å². The highest BCUT2D eigenvalue weighted by molar-refractivity contribution is 5.70. The molecule has 1 saturated heterocycles. The lowest BCUT2D eigenvalue weighted by Gasteiger charge is -2.32. The number of ether oxygens (including phenoxy) is 3. The fraction of sp³-hybridized carbons (Fsp3) is 0.963. The Bertz CT molecular complexity index is 862. The zero-order chi connectivity index (χ0) is 44.3. The Labute approximate surface area is 380 Å². The molecular weight excluding hydrogens is 757 g/mol. The summed E-state index contributed by atoms with van der Waals surface area (Å²) in [7, 11) is 2.23. The molecule has 0 bridgehead atoms. The lowest BCUT2D eigenvalue weighted by atomic mass is 9.92. The largest absolute Gasteiger partial charge is 0.466 e. The van der Waals surface area contributed by atoms with E-state index in [0.29, 0.717) is 44.0 Å². The van der Waals surface area contributed by atoms with E-state index in [-0.39, 0.29) is 11.9 Å². The van der Waals surface area contributed by atoms with Gasteiger partial charge in [0, 0.05) is 45.6 Å². The molecule has 1 heterocycles.